The SMILES string of the molecule is CS(=O)(=O)C1CSCCN1C(=O)C1(CN)CCC1. The van der Waals surface area contributed by atoms with Gasteiger partial charge in [0.15, 0.2) is 9.84 Å². The maximum Gasteiger partial charge on any atom is 0.231 e. The van der Waals surface area contributed by atoms with Crippen LogP contribution in [0.3, 0.4) is 0 Å². The predicted octanol–water partition coefficient (Wildman–Crippen LogP) is 0.0615. The molecule has 1 aliphatic carbocycles. The Hall–Kier alpha value is -0.270. The van der Waals surface area contributed by atoms with Crippen LogP contribution in [0.1, 0.15) is 19.3 Å². The molecule has 1 atom stereocenters. The monoisotopic (exact) mass is 292 g/mol. The minimum atomic E-state index is -3.23. The van der Waals surface area contributed by atoms with Crippen LogP contribution >= 0.6 is 11.8 Å². The van der Waals surface area contributed by atoms with Crippen LogP contribution in [-0.4, -0.2) is 55.4 Å². The van der Waals surface area contributed by atoms with Crippen LogP contribution in [-0.2, 0) is 14.6 Å². The van der Waals surface area contributed by atoms with Gasteiger partial charge in [0, 0.05) is 30.9 Å². The number of carbonyl (C=O) groups excluding carboxylic acids is 1. The number of amides is 1. The molecule has 5 nitrogen and oxygen atoms in total. The fourth-order valence-corrected chi connectivity index (χ4v) is 5.40. The quantitative estimate of drug-likeness (QED) is 0.795. The van der Waals surface area contributed by atoms with Crippen molar-refractivity contribution >= 4 is 27.5 Å². The molecule has 1 saturated heterocycles. The Labute approximate surface area is 112 Å². The van der Waals surface area contributed by atoms with Gasteiger partial charge in [-0.25, -0.2) is 8.42 Å². The Morgan fingerprint density at radius 3 is 2.61 bits per heavy atom. The van der Waals surface area contributed by atoms with E-state index >= 15 is 0 Å². The highest BCUT2D eigenvalue weighted by atomic mass is 32.2. The third kappa shape index (κ3) is 2.40. The molecule has 1 aliphatic heterocycles. The first-order chi connectivity index (χ1) is 8.41. The van der Waals surface area contributed by atoms with Gasteiger partial charge in [0.1, 0.15) is 5.37 Å². The summed E-state index contributed by atoms with van der Waals surface area (Å²) in [5.41, 5.74) is 5.25. The van der Waals surface area contributed by atoms with Crippen molar-refractivity contribution in [1.29, 1.82) is 0 Å². The number of hydrogen-bond donors (Lipinski definition) is 1. The molecule has 0 aromatic carbocycles. The molecule has 0 spiro atoms. The molecular formula is C11H20N2O3S2. The Kier molecular flexibility index (Phi) is 3.94. The summed E-state index contributed by atoms with van der Waals surface area (Å²) in [6.07, 6.45) is 3.81. The minimum Gasteiger partial charge on any atom is -0.329 e. The molecule has 0 aromatic heterocycles. The van der Waals surface area contributed by atoms with Gasteiger partial charge in [-0.05, 0) is 12.8 Å². The van der Waals surface area contributed by atoms with Crippen LogP contribution in [0.15, 0.2) is 0 Å². The Morgan fingerprint density at radius 2 is 2.17 bits per heavy atom. The van der Waals surface area contributed by atoms with Crippen LogP contribution in [0.4, 0.5) is 0 Å². The molecule has 0 aromatic rings. The van der Waals surface area contributed by atoms with E-state index in [1.165, 1.54) is 6.26 Å². The van der Waals surface area contributed by atoms with Crippen molar-refractivity contribution < 1.29 is 13.2 Å². The third-order valence-corrected chi connectivity index (χ3v) is 6.64. The van der Waals surface area contributed by atoms with Gasteiger partial charge in [0.25, 0.3) is 0 Å². The Morgan fingerprint density at radius 1 is 1.50 bits per heavy atom. The van der Waals surface area contributed by atoms with Crippen LogP contribution in [0.25, 0.3) is 0 Å². The number of hydrogen-bond acceptors (Lipinski definition) is 5. The van der Waals surface area contributed by atoms with E-state index in [4.69, 9.17) is 5.73 Å². The summed E-state index contributed by atoms with van der Waals surface area (Å²) < 4.78 is 23.6. The topological polar surface area (TPSA) is 80.5 Å². The van der Waals surface area contributed by atoms with E-state index in [2.05, 4.69) is 0 Å². The predicted molar refractivity (Wildman–Crippen MR) is 73.0 cm³/mol. The van der Waals surface area contributed by atoms with E-state index in [1.807, 2.05) is 0 Å². The average Bonchev–Trinajstić information content (AvgIpc) is 2.27. The molecule has 1 saturated carbocycles. The number of thioether (sulfide) groups is 1. The van der Waals surface area contributed by atoms with E-state index in [1.54, 1.807) is 16.7 Å². The molecule has 2 rings (SSSR count). The van der Waals surface area contributed by atoms with Gasteiger partial charge < -0.3 is 10.6 Å². The largest absolute Gasteiger partial charge is 0.329 e. The van der Waals surface area contributed by atoms with Gasteiger partial charge in [-0.3, -0.25) is 4.79 Å². The van der Waals surface area contributed by atoms with Crippen molar-refractivity contribution in [2.24, 2.45) is 11.1 Å². The molecule has 0 radical (unpaired) electrons. The summed E-state index contributed by atoms with van der Waals surface area (Å²) in [5.74, 6) is 1.23. The lowest BCUT2D eigenvalue weighted by atomic mass is 9.68. The molecule has 0 bridgehead atoms. The minimum absolute atomic E-state index is 0.0491. The van der Waals surface area contributed by atoms with Crippen molar-refractivity contribution in [3.63, 3.8) is 0 Å². The normalized spacial score (nSPS) is 27.7. The van der Waals surface area contributed by atoms with Crippen LogP contribution in [0, 0.1) is 5.41 Å². The number of carbonyl (C=O) groups is 1. The lowest BCUT2D eigenvalue weighted by Gasteiger charge is -2.45. The average molecular weight is 292 g/mol. The first kappa shape index (κ1) is 14.1. The van der Waals surface area contributed by atoms with Gasteiger partial charge in [0.2, 0.25) is 5.91 Å². The molecule has 104 valence electrons. The summed E-state index contributed by atoms with van der Waals surface area (Å²) in [5, 5.41) is -0.673. The maximum atomic E-state index is 12.6. The summed E-state index contributed by atoms with van der Waals surface area (Å²) in [4.78, 5) is 14.1. The summed E-state index contributed by atoms with van der Waals surface area (Å²) in [6, 6.07) is 0. The fourth-order valence-electron chi connectivity index (χ4n) is 2.58. The van der Waals surface area contributed by atoms with Crippen molar-refractivity contribution in [2.45, 2.75) is 24.6 Å². The lowest BCUT2D eigenvalue weighted by Crippen LogP contribution is -2.58. The van der Waals surface area contributed by atoms with Gasteiger partial charge in [0.05, 0.1) is 5.41 Å². The van der Waals surface area contributed by atoms with E-state index in [9.17, 15) is 13.2 Å². The van der Waals surface area contributed by atoms with Gasteiger partial charge >= 0.3 is 0 Å². The standard InChI is InChI=1S/C11H20N2O3S2/c1-18(15,16)9-7-17-6-5-13(9)10(14)11(8-12)3-2-4-11/h9H,2-8,12H2,1H3. The fraction of sp³-hybridized carbons (Fsp3) is 0.909. The highest BCUT2D eigenvalue weighted by Gasteiger charge is 2.48. The van der Waals surface area contributed by atoms with Gasteiger partial charge in [-0.2, -0.15) is 11.8 Å². The zero-order chi connectivity index (χ0) is 13.4. The number of nitrogens with two attached hydrogens (primary N) is 1. The van der Waals surface area contributed by atoms with E-state index in [0.29, 0.717) is 18.8 Å². The van der Waals surface area contributed by atoms with E-state index in [-0.39, 0.29) is 5.91 Å². The molecule has 2 fully saturated rings. The van der Waals surface area contributed by atoms with Crippen molar-refractivity contribution in [1.82, 2.24) is 4.90 Å². The molecule has 18 heavy (non-hydrogen) atoms. The third-order valence-electron chi connectivity index (χ3n) is 3.99. The second kappa shape index (κ2) is 5.02. The molecule has 2 N–H and O–H groups in total. The van der Waals surface area contributed by atoms with Gasteiger partial charge in [-0.1, -0.05) is 6.42 Å². The Bertz CT molecular complexity index is 426. The second-order valence-corrected chi connectivity index (χ2v) is 8.55. The van der Waals surface area contributed by atoms with Crippen LogP contribution in [0.5, 0.6) is 0 Å². The van der Waals surface area contributed by atoms with E-state index in [0.717, 1.165) is 25.0 Å². The maximum absolute atomic E-state index is 12.6. The van der Waals surface area contributed by atoms with Gasteiger partial charge in [-0.15, -0.1) is 0 Å². The molecule has 1 unspecified atom stereocenters. The summed E-state index contributed by atoms with van der Waals surface area (Å²) in [6.45, 7) is 0.842. The molecular weight excluding hydrogens is 272 g/mol. The highest BCUT2D eigenvalue weighted by molar-refractivity contribution is 8.00. The summed E-state index contributed by atoms with van der Waals surface area (Å²) >= 11 is 1.59. The molecule has 2 aliphatic rings. The zero-order valence-electron chi connectivity index (χ0n) is 10.6. The number of nitrogens with zero attached hydrogens (tertiary/aromatic N) is 1. The molecule has 7 heteroatoms. The lowest BCUT2D eigenvalue weighted by molar-refractivity contribution is -0.147. The van der Waals surface area contributed by atoms with Crippen LogP contribution < -0.4 is 5.73 Å². The second-order valence-electron chi connectivity index (χ2n) is 5.20. The Balaban J connectivity index is 2.21. The van der Waals surface area contributed by atoms with Crippen molar-refractivity contribution in [3.8, 4) is 0 Å². The van der Waals surface area contributed by atoms with Crippen molar-refractivity contribution in [3.05, 3.63) is 0 Å². The summed E-state index contributed by atoms with van der Waals surface area (Å²) in [7, 11) is -3.23. The highest BCUT2D eigenvalue weighted by Crippen LogP contribution is 2.42. The molecule has 1 amide bonds. The first-order valence-corrected chi connectivity index (χ1v) is 9.29. The van der Waals surface area contributed by atoms with Crippen LogP contribution in [0.2, 0.25) is 0 Å². The van der Waals surface area contributed by atoms with Crippen molar-refractivity contribution in [2.75, 3.05) is 30.9 Å². The van der Waals surface area contributed by atoms with E-state index < -0.39 is 20.6 Å². The smallest absolute Gasteiger partial charge is 0.231 e. The molecule has 1 heterocycles. The number of rotatable bonds is 3. The first-order valence-electron chi connectivity index (χ1n) is 6.18. The zero-order valence-corrected chi connectivity index (χ0v) is 12.2. The number of sulfone groups is 1.